The quantitative estimate of drug-likeness (QED) is 0.166. The molecule has 0 aliphatic heterocycles. The summed E-state index contributed by atoms with van der Waals surface area (Å²) in [7, 11) is 0. The minimum Gasteiger partial charge on any atom is -0.309 e. The number of fused-ring (bicyclic) bond motifs is 4. The molecule has 0 N–H and O–H groups in total. The lowest BCUT2D eigenvalue weighted by molar-refractivity contribution is 1.18. The number of nitrogens with zero attached hydrogens (tertiary/aromatic N) is 1. The smallest absolute Gasteiger partial charge is 0.0541 e. The number of hydrogen-bond donors (Lipinski definition) is 0. The zero-order valence-corrected chi connectivity index (χ0v) is 29.2. The average molecular weight is 674 g/mol. The Morgan fingerprint density at radius 3 is 1.02 bits per heavy atom. The van der Waals surface area contributed by atoms with Gasteiger partial charge in [0.25, 0.3) is 0 Å². The minimum atomic E-state index is 1.17. The van der Waals surface area contributed by atoms with E-state index in [4.69, 9.17) is 0 Å². The van der Waals surface area contributed by atoms with Crippen LogP contribution in [0.5, 0.6) is 0 Å². The molecule has 0 saturated heterocycles. The van der Waals surface area contributed by atoms with E-state index in [0.717, 1.165) is 0 Å². The Morgan fingerprint density at radius 2 is 0.566 bits per heavy atom. The molecule has 0 unspecified atom stereocenters. The Hall–Kier alpha value is -6.96. The Morgan fingerprint density at radius 1 is 0.226 bits per heavy atom. The van der Waals surface area contributed by atoms with Gasteiger partial charge in [0.1, 0.15) is 0 Å². The topological polar surface area (TPSA) is 4.93 Å². The molecule has 0 aliphatic rings. The highest BCUT2D eigenvalue weighted by molar-refractivity contribution is 6.09. The van der Waals surface area contributed by atoms with E-state index in [1.54, 1.807) is 0 Å². The van der Waals surface area contributed by atoms with Crippen LogP contribution in [0.15, 0.2) is 212 Å². The van der Waals surface area contributed by atoms with Crippen LogP contribution < -0.4 is 0 Å². The van der Waals surface area contributed by atoms with Crippen molar-refractivity contribution in [1.29, 1.82) is 0 Å². The molecule has 0 fully saturated rings. The van der Waals surface area contributed by atoms with Crippen LogP contribution in [0.1, 0.15) is 0 Å². The van der Waals surface area contributed by atoms with E-state index in [0.29, 0.717) is 0 Å². The van der Waals surface area contributed by atoms with E-state index in [2.05, 4.69) is 217 Å². The highest BCUT2D eigenvalue weighted by atomic mass is 15.0. The van der Waals surface area contributed by atoms with Gasteiger partial charge in [-0.25, -0.2) is 0 Å². The van der Waals surface area contributed by atoms with Gasteiger partial charge in [0.05, 0.1) is 11.0 Å². The number of rotatable bonds is 6. The first-order valence-electron chi connectivity index (χ1n) is 18.2. The Bertz CT molecular complexity index is 2790. The molecule has 0 saturated carbocycles. The second-order valence-corrected chi connectivity index (χ2v) is 13.8. The molecular formula is C52H35N. The van der Waals surface area contributed by atoms with Crippen molar-refractivity contribution in [3.63, 3.8) is 0 Å². The number of aromatic nitrogens is 1. The standard InChI is InChI=1S/C52H35N/c1-3-11-36(12-4-1)45-33-46(37-13-5-2-6-14-37)35-47(34-45)40-21-19-38(20-22-40)41-23-25-44-32-42(24-26-43(44)31-41)39-27-29-48(30-28-39)53-51-17-9-7-15-49(51)50-16-8-10-18-52(50)53/h1-35H. The number of hydrogen-bond acceptors (Lipinski definition) is 0. The van der Waals surface area contributed by atoms with Crippen LogP contribution in [-0.4, -0.2) is 4.57 Å². The lowest BCUT2D eigenvalue weighted by Gasteiger charge is -2.12. The van der Waals surface area contributed by atoms with E-state index < -0.39 is 0 Å². The van der Waals surface area contributed by atoms with Gasteiger partial charge < -0.3 is 4.57 Å². The van der Waals surface area contributed by atoms with Gasteiger partial charge in [0.2, 0.25) is 0 Å². The monoisotopic (exact) mass is 673 g/mol. The largest absolute Gasteiger partial charge is 0.309 e. The summed E-state index contributed by atoms with van der Waals surface area (Å²) < 4.78 is 2.37. The van der Waals surface area contributed by atoms with Crippen molar-refractivity contribution in [1.82, 2.24) is 4.57 Å². The van der Waals surface area contributed by atoms with Crippen LogP contribution in [-0.2, 0) is 0 Å². The van der Waals surface area contributed by atoms with Crippen LogP contribution in [0.2, 0.25) is 0 Å². The summed E-state index contributed by atoms with van der Waals surface area (Å²) >= 11 is 0. The van der Waals surface area contributed by atoms with Crippen molar-refractivity contribution in [2.45, 2.75) is 0 Å². The number of para-hydroxylation sites is 2. The van der Waals surface area contributed by atoms with Crippen molar-refractivity contribution in [3.8, 4) is 61.3 Å². The van der Waals surface area contributed by atoms with E-state index in [1.165, 1.54) is 93.9 Å². The van der Waals surface area contributed by atoms with Crippen molar-refractivity contribution in [2.24, 2.45) is 0 Å². The molecule has 1 aromatic heterocycles. The molecular weight excluding hydrogens is 639 g/mol. The fraction of sp³-hybridized carbons (Fsp3) is 0. The summed E-state index contributed by atoms with van der Waals surface area (Å²) in [6, 6.07) is 77.1. The molecule has 0 spiro atoms. The molecule has 53 heavy (non-hydrogen) atoms. The van der Waals surface area contributed by atoms with Crippen molar-refractivity contribution >= 4 is 32.6 Å². The number of benzene rings is 9. The predicted octanol–water partition coefficient (Wildman–Crippen LogP) is 14.3. The van der Waals surface area contributed by atoms with Gasteiger partial charge in [0, 0.05) is 16.5 Å². The van der Waals surface area contributed by atoms with Crippen LogP contribution >= 0.6 is 0 Å². The first-order chi connectivity index (χ1) is 26.2. The molecule has 9 aromatic carbocycles. The summed E-state index contributed by atoms with van der Waals surface area (Å²) in [6.07, 6.45) is 0. The molecule has 10 aromatic rings. The summed E-state index contributed by atoms with van der Waals surface area (Å²) in [5.41, 5.74) is 15.8. The third-order valence-electron chi connectivity index (χ3n) is 10.6. The van der Waals surface area contributed by atoms with E-state index in [9.17, 15) is 0 Å². The van der Waals surface area contributed by atoms with Gasteiger partial charge in [-0.3, -0.25) is 0 Å². The third kappa shape index (κ3) is 5.69. The molecule has 0 atom stereocenters. The molecule has 1 heterocycles. The summed E-state index contributed by atoms with van der Waals surface area (Å²) in [6.45, 7) is 0. The highest BCUT2D eigenvalue weighted by Crippen LogP contribution is 2.36. The summed E-state index contributed by atoms with van der Waals surface area (Å²) in [5.74, 6) is 0. The molecule has 0 aliphatic carbocycles. The second-order valence-electron chi connectivity index (χ2n) is 13.8. The van der Waals surface area contributed by atoms with Crippen molar-refractivity contribution in [3.05, 3.63) is 212 Å². The maximum absolute atomic E-state index is 2.37. The van der Waals surface area contributed by atoms with Crippen molar-refractivity contribution in [2.75, 3.05) is 0 Å². The van der Waals surface area contributed by atoms with Crippen LogP contribution in [0.25, 0.3) is 93.9 Å². The Kier molecular flexibility index (Phi) is 7.55. The fourth-order valence-electron chi connectivity index (χ4n) is 7.85. The SMILES string of the molecule is c1ccc(-c2cc(-c3ccccc3)cc(-c3ccc(-c4ccc5cc(-c6ccc(-n7c8ccccc8c8ccccc87)cc6)ccc5c4)cc3)c2)cc1. The van der Waals surface area contributed by atoms with E-state index >= 15 is 0 Å². The van der Waals surface area contributed by atoms with Crippen LogP contribution in [0, 0.1) is 0 Å². The highest BCUT2D eigenvalue weighted by Gasteiger charge is 2.12. The van der Waals surface area contributed by atoms with Crippen LogP contribution in [0.4, 0.5) is 0 Å². The lowest BCUT2D eigenvalue weighted by Crippen LogP contribution is -1.93. The minimum absolute atomic E-state index is 1.17. The molecule has 10 rings (SSSR count). The maximum atomic E-state index is 2.37. The van der Waals surface area contributed by atoms with E-state index in [1.807, 2.05) is 0 Å². The normalized spacial score (nSPS) is 11.4. The molecule has 0 radical (unpaired) electrons. The van der Waals surface area contributed by atoms with Crippen LogP contribution in [0.3, 0.4) is 0 Å². The van der Waals surface area contributed by atoms with Gasteiger partial charge >= 0.3 is 0 Å². The lowest BCUT2D eigenvalue weighted by atomic mass is 9.92. The predicted molar refractivity (Wildman–Crippen MR) is 225 cm³/mol. The maximum Gasteiger partial charge on any atom is 0.0541 e. The Balaban J connectivity index is 0.935. The fourth-order valence-corrected chi connectivity index (χ4v) is 7.85. The summed E-state index contributed by atoms with van der Waals surface area (Å²) in [4.78, 5) is 0. The van der Waals surface area contributed by atoms with Crippen molar-refractivity contribution < 1.29 is 0 Å². The molecule has 248 valence electrons. The zero-order valence-electron chi connectivity index (χ0n) is 29.2. The molecule has 1 heteroatoms. The third-order valence-corrected chi connectivity index (χ3v) is 10.6. The van der Waals surface area contributed by atoms with Gasteiger partial charge in [-0.05, 0) is 121 Å². The molecule has 0 amide bonds. The molecule has 0 bridgehead atoms. The van der Waals surface area contributed by atoms with Gasteiger partial charge in [-0.15, -0.1) is 0 Å². The Labute approximate surface area is 309 Å². The molecule has 1 nitrogen and oxygen atoms in total. The summed E-state index contributed by atoms with van der Waals surface area (Å²) in [5, 5.41) is 5.03. The van der Waals surface area contributed by atoms with Gasteiger partial charge in [-0.1, -0.05) is 158 Å². The van der Waals surface area contributed by atoms with Gasteiger partial charge in [-0.2, -0.15) is 0 Å². The zero-order chi connectivity index (χ0) is 35.1. The van der Waals surface area contributed by atoms with Gasteiger partial charge in [0.15, 0.2) is 0 Å². The average Bonchev–Trinajstić information content (AvgIpc) is 3.58. The first kappa shape index (κ1) is 30.8. The second kappa shape index (κ2) is 13.0. The van der Waals surface area contributed by atoms with E-state index in [-0.39, 0.29) is 0 Å². The first-order valence-corrected chi connectivity index (χ1v) is 18.2.